The Kier molecular flexibility index (Phi) is 3.70. The summed E-state index contributed by atoms with van der Waals surface area (Å²) in [5.74, 6) is 0.642. The zero-order valence-corrected chi connectivity index (χ0v) is 12.3. The lowest BCUT2D eigenvalue weighted by atomic mass is 9.85. The first-order chi connectivity index (χ1) is 10.7. The van der Waals surface area contributed by atoms with Crippen molar-refractivity contribution in [3.8, 4) is 0 Å². The van der Waals surface area contributed by atoms with Gasteiger partial charge in [-0.25, -0.2) is 9.97 Å². The third kappa shape index (κ3) is 2.74. The van der Waals surface area contributed by atoms with Gasteiger partial charge in [0.15, 0.2) is 0 Å². The van der Waals surface area contributed by atoms with Crippen LogP contribution in [0.15, 0.2) is 67.0 Å². The molecule has 1 heterocycles. The van der Waals surface area contributed by atoms with Crippen LogP contribution in [0.25, 0.3) is 0 Å². The molecular formula is C17H17N5. The third-order valence-electron chi connectivity index (χ3n) is 3.65. The first-order valence-electron chi connectivity index (χ1n) is 7.02. The highest BCUT2D eigenvalue weighted by Gasteiger charge is 2.29. The smallest absolute Gasteiger partial charge is 0.228 e. The summed E-state index contributed by atoms with van der Waals surface area (Å²) >= 11 is 0. The van der Waals surface area contributed by atoms with Crippen LogP contribution in [0.3, 0.4) is 0 Å². The molecular weight excluding hydrogens is 274 g/mol. The molecule has 1 aromatic heterocycles. The lowest BCUT2D eigenvalue weighted by molar-refractivity contribution is 0.650. The highest BCUT2D eigenvalue weighted by molar-refractivity contribution is 5.47. The highest BCUT2D eigenvalue weighted by atomic mass is 15.2. The molecule has 3 rings (SSSR count). The van der Waals surface area contributed by atoms with Gasteiger partial charge in [-0.3, -0.25) is 0 Å². The van der Waals surface area contributed by atoms with Crippen LogP contribution in [0.1, 0.15) is 18.1 Å². The molecule has 0 atom stereocenters. The fraction of sp³-hybridized carbons (Fsp3) is 0.118. The van der Waals surface area contributed by atoms with E-state index >= 15 is 0 Å². The minimum Gasteiger partial charge on any atom is -0.368 e. The van der Waals surface area contributed by atoms with Crippen LogP contribution in [0.4, 0.5) is 11.9 Å². The monoisotopic (exact) mass is 291 g/mol. The fourth-order valence-corrected chi connectivity index (χ4v) is 2.45. The van der Waals surface area contributed by atoms with Crippen LogP contribution < -0.4 is 11.1 Å². The molecule has 3 N–H and O–H groups in total. The summed E-state index contributed by atoms with van der Waals surface area (Å²) < 4.78 is 0. The summed E-state index contributed by atoms with van der Waals surface area (Å²) in [6.45, 7) is 2.09. The van der Waals surface area contributed by atoms with E-state index in [9.17, 15) is 0 Å². The van der Waals surface area contributed by atoms with Gasteiger partial charge in [-0.15, -0.1) is 0 Å². The molecule has 0 saturated heterocycles. The van der Waals surface area contributed by atoms with Crippen molar-refractivity contribution in [2.45, 2.75) is 12.5 Å². The van der Waals surface area contributed by atoms with Crippen molar-refractivity contribution in [1.82, 2.24) is 15.0 Å². The lowest BCUT2D eigenvalue weighted by Crippen LogP contribution is -2.34. The molecule has 0 unspecified atom stereocenters. The standard InChI is InChI=1S/C17H17N5/c1-17(13-8-4-2-5-9-13,14-10-6-3-7-11-14)22-16-20-12-19-15(18)21-16/h2-12H,1H3,(H3,18,19,20,21,22). The average molecular weight is 291 g/mol. The largest absolute Gasteiger partial charge is 0.368 e. The second kappa shape index (κ2) is 5.81. The van der Waals surface area contributed by atoms with E-state index in [4.69, 9.17) is 5.73 Å². The second-order valence-electron chi connectivity index (χ2n) is 5.15. The molecule has 2 aromatic carbocycles. The van der Waals surface area contributed by atoms with Gasteiger partial charge in [-0.05, 0) is 18.1 Å². The van der Waals surface area contributed by atoms with E-state index in [1.807, 2.05) is 36.4 Å². The number of nitrogen functional groups attached to an aromatic ring is 1. The number of nitrogens with zero attached hydrogens (tertiary/aromatic N) is 3. The summed E-state index contributed by atoms with van der Waals surface area (Å²) in [4.78, 5) is 12.1. The number of hydrogen-bond donors (Lipinski definition) is 2. The van der Waals surface area contributed by atoms with Gasteiger partial charge in [0.2, 0.25) is 11.9 Å². The van der Waals surface area contributed by atoms with Crippen LogP contribution in [0, 0.1) is 0 Å². The molecule has 0 bridgehead atoms. The van der Waals surface area contributed by atoms with E-state index in [2.05, 4.69) is 51.5 Å². The Morgan fingerprint density at radius 2 is 1.41 bits per heavy atom. The van der Waals surface area contributed by atoms with Crippen LogP contribution >= 0.6 is 0 Å². The van der Waals surface area contributed by atoms with Crippen molar-refractivity contribution in [2.24, 2.45) is 0 Å². The average Bonchev–Trinajstić information content (AvgIpc) is 2.56. The molecule has 110 valence electrons. The fourth-order valence-electron chi connectivity index (χ4n) is 2.45. The maximum absolute atomic E-state index is 5.65. The van der Waals surface area contributed by atoms with Gasteiger partial charge in [0.05, 0.1) is 5.54 Å². The molecule has 5 nitrogen and oxygen atoms in total. The van der Waals surface area contributed by atoms with E-state index < -0.39 is 5.54 Å². The Morgan fingerprint density at radius 3 is 1.91 bits per heavy atom. The number of hydrogen-bond acceptors (Lipinski definition) is 5. The van der Waals surface area contributed by atoms with Crippen LogP contribution in [-0.2, 0) is 5.54 Å². The second-order valence-corrected chi connectivity index (χ2v) is 5.15. The molecule has 0 radical (unpaired) electrons. The maximum Gasteiger partial charge on any atom is 0.228 e. The molecule has 3 aromatic rings. The van der Waals surface area contributed by atoms with Gasteiger partial charge in [-0.2, -0.15) is 4.98 Å². The van der Waals surface area contributed by atoms with E-state index in [1.54, 1.807) is 0 Å². The minimum absolute atomic E-state index is 0.195. The number of anilines is 2. The molecule has 0 aliphatic carbocycles. The summed E-state index contributed by atoms with van der Waals surface area (Å²) in [5.41, 5.74) is 7.40. The number of nitrogens with two attached hydrogens (primary N) is 1. The predicted molar refractivity (Wildman–Crippen MR) is 87.2 cm³/mol. The van der Waals surface area contributed by atoms with Crippen molar-refractivity contribution in [1.29, 1.82) is 0 Å². The molecule has 0 aliphatic rings. The lowest BCUT2D eigenvalue weighted by Gasteiger charge is -2.32. The van der Waals surface area contributed by atoms with Gasteiger partial charge in [0, 0.05) is 0 Å². The van der Waals surface area contributed by atoms with Crippen molar-refractivity contribution in [2.75, 3.05) is 11.1 Å². The summed E-state index contributed by atoms with van der Waals surface area (Å²) in [7, 11) is 0. The summed E-state index contributed by atoms with van der Waals surface area (Å²) in [6.07, 6.45) is 1.40. The predicted octanol–water partition coefficient (Wildman–Crippen LogP) is 2.83. The molecule has 22 heavy (non-hydrogen) atoms. The quantitative estimate of drug-likeness (QED) is 0.773. The van der Waals surface area contributed by atoms with Gasteiger partial charge in [-0.1, -0.05) is 60.7 Å². The third-order valence-corrected chi connectivity index (χ3v) is 3.65. The van der Waals surface area contributed by atoms with Gasteiger partial charge in [0.25, 0.3) is 0 Å². The number of nitrogens with one attached hydrogen (secondary N) is 1. The number of rotatable bonds is 4. The van der Waals surface area contributed by atoms with Crippen molar-refractivity contribution >= 4 is 11.9 Å². The summed E-state index contributed by atoms with van der Waals surface area (Å²) in [6, 6.07) is 20.3. The van der Waals surface area contributed by atoms with Crippen molar-refractivity contribution < 1.29 is 0 Å². The normalized spacial score (nSPS) is 11.1. The van der Waals surface area contributed by atoms with Crippen LogP contribution in [-0.4, -0.2) is 15.0 Å². The molecule has 0 amide bonds. The van der Waals surface area contributed by atoms with Gasteiger partial charge < -0.3 is 11.1 Å². The van der Waals surface area contributed by atoms with E-state index in [0.29, 0.717) is 5.95 Å². The Hall–Kier alpha value is -2.95. The topological polar surface area (TPSA) is 76.7 Å². The minimum atomic E-state index is -0.476. The first kappa shape index (κ1) is 14.0. The highest BCUT2D eigenvalue weighted by Crippen LogP contribution is 2.32. The summed E-state index contributed by atoms with van der Waals surface area (Å²) in [5, 5.41) is 3.39. The van der Waals surface area contributed by atoms with E-state index in [0.717, 1.165) is 11.1 Å². The zero-order valence-electron chi connectivity index (χ0n) is 12.3. The Balaban J connectivity index is 2.08. The van der Waals surface area contributed by atoms with Crippen molar-refractivity contribution in [3.05, 3.63) is 78.1 Å². The zero-order chi connectivity index (χ0) is 15.4. The maximum atomic E-state index is 5.65. The van der Waals surface area contributed by atoms with Crippen LogP contribution in [0.5, 0.6) is 0 Å². The molecule has 0 saturated carbocycles. The Bertz CT molecular complexity index is 704. The SMILES string of the molecule is CC(Nc1ncnc(N)n1)(c1ccccc1)c1ccccc1. The number of aromatic nitrogens is 3. The molecule has 0 spiro atoms. The van der Waals surface area contributed by atoms with Crippen molar-refractivity contribution in [3.63, 3.8) is 0 Å². The molecule has 5 heteroatoms. The number of benzene rings is 2. The molecule has 0 fully saturated rings. The Morgan fingerprint density at radius 1 is 0.864 bits per heavy atom. The van der Waals surface area contributed by atoms with Gasteiger partial charge >= 0.3 is 0 Å². The van der Waals surface area contributed by atoms with Gasteiger partial charge in [0.1, 0.15) is 6.33 Å². The first-order valence-corrected chi connectivity index (χ1v) is 7.02. The van der Waals surface area contributed by atoms with E-state index in [1.165, 1.54) is 6.33 Å². The molecule has 0 aliphatic heterocycles. The van der Waals surface area contributed by atoms with E-state index in [-0.39, 0.29) is 5.95 Å². The van der Waals surface area contributed by atoms with Crippen LogP contribution in [0.2, 0.25) is 0 Å². The Labute approximate surface area is 129 Å².